The summed E-state index contributed by atoms with van der Waals surface area (Å²) in [7, 11) is 1.26. The quantitative estimate of drug-likeness (QED) is 0.687. The molecular formula is C17H14N4O4S. The Labute approximate surface area is 152 Å². The number of hydrogen-bond acceptors (Lipinski definition) is 7. The van der Waals surface area contributed by atoms with Crippen molar-refractivity contribution in [3.8, 4) is 11.3 Å². The smallest absolute Gasteiger partial charge is 0.349 e. The molecule has 0 bridgehead atoms. The number of benzene rings is 1. The van der Waals surface area contributed by atoms with Gasteiger partial charge < -0.3 is 10.1 Å². The molecule has 0 aliphatic rings. The molecule has 8 nitrogen and oxygen atoms in total. The van der Waals surface area contributed by atoms with Crippen molar-refractivity contribution >= 4 is 28.3 Å². The first kappa shape index (κ1) is 17.5. The lowest BCUT2D eigenvalue weighted by molar-refractivity contribution is -0.117. The number of nitrogens with one attached hydrogen (secondary N) is 1. The van der Waals surface area contributed by atoms with E-state index in [1.54, 1.807) is 6.07 Å². The third kappa shape index (κ3) is 4.01. The van der Waals surface area contributed by atoms with Gasteiger partial charge in [-0.05, 0) is 6.07 Å². The molecule has 0 saturated carbocycles. The highest BCUT2D eigenvalue weighted by Gasteiger charge is 2.13. The van der Waals surface area contributed by atoms with Crippen LogP contribution in [0.2, 0.25) is 0 Å². The lowest BCUT2D eigenvalue weighted by Gasteiger charge is -2.07. The average Bonchev–Trinajstić information content (AvgIpc) is 3.12. The second kappa shape index (κ2) is 7.70. The van der Waals surface area contributed by atoms with Gasteiger partial charge in [-0.15, -0.1) is 0 Å². The molecule has 0 atom stereocenters. The molecule has 0 radical (unpaired) electrons. The van der Waals surface area contributed by atoms with Gasteiger partial charge in [-0.3, -0.25) is 9.59 Å². The molecule has 26 heavy (non-hydrogen) atoms. The summed E-state index contributed by atoms with van der Waals surface area (Å²) in [6, 6.07) is 12.3. The number of hydrogen-bond donors (Lipinski definition) is 1. The summed E-state index contributed by atoms with van der Waals surface area (Å²) in [4.78, 5) is 39.7. The predicted molar refractivity (Wildman–Crippen MR) is 96.0 cm³/mol. The van der Waals surface area contributed by atoms with Crippen LogP contribution in [0.4, 0.5) is 5.13 Å². The standard InChI is InChI=1S/C17H14N4O4S/c1-25-16(24)13-9-18-17(26-13)19-14(22)10-21-15(23)8-7-12(20-21)11-5-3-2-4-6-11/h2-9H,10H2,1H3,(H,18,19,22). The average molecular weight is 370 g/mol. The first-order valence-electron chi connectivity index (χ1n) is 7.54. The van der Waals surface area contributed by atoms with Gasteiger partial charge in [-0.25, -0.2) is 14.5 Å². The van der Waals surface area contributed by atoms with Gasteiger partial charge in [0.1, 0.15) is 11.4 Å². The zero-order valence-corrected chi connectivity index (χ0v) is 14.5. The number of nitrogens with zero attached hydrogens (tertiary/aromatic N) is 3. The number of esters is 1. The zero-order valence-electron chi connectivity index (χ0n) is 13.7. The number of carbonyl (C=O) groups is 2. The Kier molecular flexibility index (Phi) is 5.18. The van der Waals surface area contributed by atoms with Crippen molar-refractivity contribution in [1.29, 1.82) is 0 Å². The molecule has 9 heteroatoms. The van der Waals surface area contributed by atoms with Crippen LogP contribution in [0, 0.1) is 0 Å². The predicted octanol–water partition coefficient (Wildman–Crippen LogP) is 1.79. The van der Waals surface area contributed by atoms with Gasteiger partial charge in [0.2, 0.25) is 5.91 Å². The van der Waals surface area contributed by atoms with Gasteiger partial charge in [-0.2, -0.15) is 5.10 Å². The maximum Gasteiger partial charge on any atom is 0.349 e. The second-order valence-corrected chi connectivity index (χ2v) is 6.18. The van der Waals surface area contributed by atoms with Crippen molar-refractivity contribution in [2.24, 2.45) is 0 Å². The van der Waals surface area contributed by atoms with Crippen LogP contribution in [-0.4, -0.2) is 33.8 Å². The van der Waals surface area contributed by atoms with Crippen LogP contribution in [0.5, 0.6) is 0 Å². The maximum absolute atomic E-state index is 12.2. The largest absolute Gasteiger partial charge is 0.465 e. The molecule has 0 spiro atoms. The highest BCUT2D eigenvalue weighted by molar-refractivity contribution is 7.17. The summed E-state index contributed by atoms with van der Waals surface area (Å²) in [5.74, 6) is -1.01. The Bertz CT molecular complexity index is 997. The molecule has 2 aromatic heterocycles. The van der Waals surface area contributed by atoms with Crippen molar-refractivity contribution in [1.82, 2.24) is 14.8 Å². The van der Waals surface area contributed by atoms with Gasteiger partial charge >= 0.3 is 5.97 Å². The summed E-state index contributed by atoms with van der Waals surface area (Å²) < 4.78 is 5.66. The zero-order chi connectivity index (χ0) is 18.5. The highest BCUT2D eigenvalue weighted by atomic mass is 32.1. The summed E-state index contributed by atoms with van der Waals surface area (Å²) in [6.45, 7) is -0.271. The molecule has 1 aromatic carbocycles. The molecular weight excluding hydrogens is 356 g/mol. The minimum atomic E-state index is -0.531. The number of thiazole rings is 1. The third-order valence-corrected chi connectivity index (χ3v) is 4.26. The van der Waals surface area contributed by atoms with E-state index in [1.807, 2.05) is 30.3 Å². The fraction of sp³-hybridized carbons (Fsp3) is 0.118. The minimum absolute atomic E-state index is 0.239. The summed E-state index contributed by atoms with van der Waals surface area (Å²) in [5, 5.41) is 7.00. The van der Waals surface area contributed by atoms with E-state index in [9.17, 15) is 14.4 Å². The number of rotatable bonds is 5. The molecule has 0 aliphatic carbocycles. The van der Waals surface area contributed by atoms with Crippen molar-refractivity contribution in [3.63, 3.8) is 0 Å². The van der Waals surface area contributed by atoms with Crippen LogP contribution in [0.3, 0.4) is 0 Å². The monoisotopic (exact) mass is 370 g/mol. The van der Waals surface area contributed by atoms with E-state index in [-0.39, 0.29) is 16.6 Å². The number of amides is 1. The van der Waals surface area contributed by atoms with Crippen molar-refractivity contribution < 1.29 is 14.3 Å². The van der Waals surface area contributed by atoms with E-state index >= 15 is 0 Å². The normalized spacial score (nSPS) is 10.3. The topological polar surface area (TPSA) is 103 Å². The first-order chi connectivity index (χ1) is 12.6. The fourth-order valence-electron chi connectivity index (χ4n) is 2.15. The van der Waals surface area contributed by atoms with E-state index < -0.39 is 17.4 Å². The molecule has 1 N–H and O–H groups in total. The van der Waals surface area contributed by atoms with Crippen LogP contribution < -0.4 is 10.9 Å². The Morgan fingerprint density at radius 1 is 1.19 bits per heavy atom. The number of carbonyl (C=O) groups excluding carboxylic acids is 2. The van der Waals surface area contributed by atoms with Gasteiger partial charge in [0.25, 0.3) is 5.56 Å². The SMILES string of the molecule is COC(=O)c1cnc(NC(=O)Cn2nc(-c3ccccc3)ccc2=O)s1. The second-order valence-electron chi connectivity index (χ2n) is 5.15. The number of ether oxygens (including phenoxy) is 1. The van der Waals surface area contributed by atoms with E-state index in [0.717, 1.165) is 21.6 Å². The van der Waals surface area contributed by atoms with Crippen LogP contribution in [-0.2, 0) is 16.1 Å². The highest BCUT2D eigenvalue weighted by Crippen LogP contribution is 2.18. The van der Waals surface area contributed by atoms with Crippen molar-refractivity contribution in [2.75, 3.05) is 12.4 Å². The van der Waals surface area contributed by atoms with E-state index in [4.69, 9.17) is 0 Å². The van der Waals surface area contributed by atoms with Crippen LogP contribution in [0.25, 0.3) is 11.3 Å². The summed E-state index contributed by atoms with van der Waals surface area (Å²) in [5.41, 5.74) is 1.03. The molecule has 1 amide bonds. The Morgan fingerprint density at radius 2 is 1.96 bits per heavy atom. The Balaban J connectivity index is 1.74. The Hall–Kier alpha value is -3.33. The molecule has 0 fully saturated rings. The summed E-state index contributed by atoms with van der Waals surface area (Å²) in [6.07, 6.45) is 1.31. The van der Waals surface area contributed by atoms with Crippen molar-refractivity contribution in [2.45, 2.75) is 6.54 Å². The fourth-order valence-corrected chi connectivity index (χ4v) is 2.90. The van der Waals surface area contributed by atoms with Gasteiger partial charge in [0.05, 0.1) is 19.0 Å². The molecule has 0 aliphatic heterocycles. The Morgan fingerprint density at radius 3 is 2.69 bits per heavy atom. The minimum Gasteiger partial charge on any atom is -0.465 e. The van der Waals surface area contributed by atoms with E-state index in [1.165, 1.54) is 19.4 Å². The van der Waals surface area contributed by atoms with Gasteiger partial charge in [-0.1, -0.05) is 41.7 Å². The molecule has 0 saturated heterocycles. The van der Waals surface area contributed by atoms with Crippen LogP contribution in [0.1, 0.15) is 9.67 Å². The number of methoxy groups -OCH3 is 1. The van der Waals surface area contributed by atoms with E-state index in [0.29, 0.717) is 5.69 Å². The third-order valence-electron chi connectivity index (χ3n) is 3.37. The number of anilines is 1. The molecule has 3 aromatic rings. The van der Waals surface area contributed by atoms with Crippen LogP contribution in [0.15, 0.2) is 53.5 Å². The van der Waals surface area contributed by atoms with E-state index in [2.05, 4.69) is 20.1 Å². The molecule has 3 rings (SSSR count). The lowest BCUT2D eigenvalue weighted by atomic mass is 10.1. The maximum atomic E-state index is 12.2. The van der Waals surface area contributed by atoms with Crippen LogP contribution >= 0.6 is 11.3 Å². The van der Waals surface area contributed by atoms with Crippen molar-refractivity contribution in [3.05, 3.63) is 63.9 Å². The summed E-state index contributed by atoms with van der Waals surface area (Å²) >= 11 is 0.983. The molecule has 0 unspecified atom stereocenters. The molecule has 2 heterocycles. The number of aromatic nitrogens is 3. The lowest BCUT2D eigenvalue weighted by Crippen LogP contribution is -2.29. The first-order valence-corrected chi connectivity index (χ1v) is 8.36. The molecule has 132 valence electrons. The van der Waals surface area contributed by atoms with Gasteiger partial charge in [0, 0.05) is 11.6 Å². The van der Waals surface area contributed by atoms with Gasteiger partial charge in [0.15, 0.2) is 5.13 Å².